The van der Waals surface area contributed by atoms with E-state index in [4.69, 9.17) is 0 Å². The van der Waals surface area contributed by atoms with Crippen molar-refractivity contribution in [1.82, 2.24) is 10.0 Å². The lowest BCUT2D eigenvalue weighted by Crippen LogP contribution is -2.22. The Morgan fingerprint density at radius 1 is 1.24 bits per heavy atom. The van der Waals surface area contributed by atoms with E-state index < -0.39 is 10.0 Å². The van der Waals surface area contributed by atoms with Gasteiger partial charge in [0.25, 0.3) is 0 Å². The van der Waals surface area contributed by atoms with E-state index in [0.717, 1.165) is 22.6 Å². The minimum Gasteiger partial charge on any atom is -0.351 e. The van der Waals surface area contributed by atoms with Gasteiger partial charge in [0, 0.05) is 16.2 Å². The zero-order valence-corrected chi connectivity index (χ0v) is 13.9. The van der Waals surface area contributed by atoms with Gasteiger partial charge in [-0.1, -0.05) is 6.07 Å². The number of nitrogens with one attached hydrogen (secondary N) is 2. The second kappa shape index (κ2) is 7.17. The van der Waals surface area contributed by atoms with Gasteiger partial charge >= 0.3 is 0 Å². The Balaban J connectivity index is 1.81. The summed E-state index contributed by atoms with van der Waals surface area (Å²) in [6, 6.07) is 7.23. The highest BCUT2D eigenvalue weighted by molar-refractivity contribution is 7.91. The van der Waals surface area contributed by atoms with E-state index in [1.165, 1.54) is 11.9 Å². The van der Waals surface area contributed by atoms with Crippen molar-refractivity contribution < 1.29 is 13.2 Å². The molecule has 2 rings (SSSR count). The number of thiophene rings is 2. The summed E-state index contributed by atoms with van der Waals surface area (Å²) in [6.07, 6.45) is 1.17. The molecule has 2 N–H and O–H groups in total. The van der Waals surface area contributed by atoms with Crippen molar-refractivity contribution in [3.05, 3.63) is 39.4 Å². The average Bonchev–Trinajstić information content (AvgIpc) is 3.14. The van der Waals surface area contributed by atoms with Gasteiger partial charge in [-0.25, -0.2) is 13.1 Å². The first-order valence-electron chi connectivity index (χ1n) is 6.32. The maximum atomic E-state index is 11.7. The monoisotopic (exact) mass is 344 g/mol. The van der Waals surface area contributed by atoms with Crippen LogP contribution in [-0.4, -0.2) is 21.4 Å². The molecule has 0 aliphatic rings. The van der Waals surface area contributed by atoms with Crippen molar-refractivity contribution in [1.29, 1.82) is 0 Å². The Bertz CT molecular complexity index is 690. The standard InChI is InChI=1S/C13H16N2O3S3/c1-14-21(17,18)13-7-5-11(20-13)9-15-12(16)6-4-10-3-2-8-19-10/h2-3,5,7-8,14H,4,6,9H2,1H3,(H,15,16). The molecule has 2 aromatic rings. The van der Waals surface area contributed by atoms with Crippen LogP contribution in [0.15, 0.2) is 33.9 Å². The van der Waals surface area contributed by atoms with E-state index in [1.54, 1.807) is 23.5 Å². The number of hydrogen-bond donors (Lipinski definition) is 2. The van der Waals surface area contributed by atoms with E-state index in [0.29, 0.717) is 13.0 Å². The van der Waals surface area contributed by atoms with Crippen molar-refractivity contribution in [2.75, 3.05) is 7.05 Å². The molecule has 8 heteroatoms. The Hall–Kier alpha value is -1.22. The van der Waals surface area contributed by atoms with Gasteiger partial charge in [-0.3, -0.25) is 4.79 Å². The number of sulfonamides is 1. The molecule has 5 nitrogen and oxygen atoms in total. The molecule has 0 saturated carbocycles. The molecule has 0 fully saturated rings. The first-order valence-corrected chi connectivity index (χ1v) is 9.50. The Kier molecular flexibility index (Phi) is 5.51. The highest BCUT2D eigenvalue weighted by Crippen LogP contribution is 2.21. The summed E-state index contributed by atoms with van der Waals surface area (Å²) >= 11 is 2.80. The minimum absolute atomic E-state index is 0.0326. The van der Waals surface area contributed by atoms with Gasteiger partial charge in [0.05, 0.1) is 6.54 Å². The second-order valence-electron chi connectivity index (χ2n) is 4.28. The summed E-state index contributed by atoms with van der Waals surface area (Å²) in [7, 11) is -2.02. The van der Waals surface area contributed by atoms with Crippen LogP contribution in [0.3, 0.4) is 0 Å². The summed E-state index contributed by atoms with van der Waals surface area (Å²) < 4.78 is 25.7. The highest BCUT2D eigenvalue weighted by Gasteiger charge is 2.14. The van der Waals surface area contributed by atoms with Crippen LogP contribution in [0.2, 0.25) is 0 Å². The van der Waals surface area contributed by atoms with Crippen LogP contribution in [0, 0.1) is 0 Å². The van der Waals surface area contributed by atoms with Crippen molar-refractivity contribution >= 4 is 38.6 Å². The lowest BCUT2D eigenvalue weighted by Gasteiger charge is -2.02. The smallest absolute Gasteiger partial charge is 0.249 e. The highest BCUT2D eigenvalue weighted by atomic mass is 32.2. The molecular weight excluding hydrogens is 328 g/mol. The maximum absolute atomic E-state index is 11.7. The van der Waals surface area contributed by atoms with E-state index >= 15 is 0 Å². The second-order valence-corrected chi connectivity index (χ2v) is 8.60. The lowest BCUT2D eigenvalue weighted by atomic mass is 10.2. The summed E-state index contributed by atoms with van der Waals surface area (Å²) in [5.41, 5.74) is 0. The number of amides is 1. The van der Waals surface area contributed by atoms with Crippen LogP contribution in [0.4, 0.5) is 0 Å². The first-order chi connectivity index (χ1) is 10.0. The van der Waals surface area contributed by atoms with E-state index in [1.807, 2.05) is 17.5 Å². The van der Waals surface area contributed by atoms with Gasteiger partial charge in [-0.2, -0.15) is 0 Å². The van der Waals surface area contributed by atoms with Crippen LogP contribution >= 0.6 is 22.7 Å². The van der Waals surface area contributed by atoms with Crippen LogP contribution in [0.1, 0.15) is 16.2 Å². The molecule has 114 valence electrons. The third kappa shape index (κ3) is 4.63. The van der Waals surface area contributed by atoms with Gasteiger partial charge in [0.2, 0.25) is 15.9 Å². The molecule has 0 aromatic carbocycles. The molecule has 2 aromatic heterocycles. The molecule has 1 amide bonds. The quantitative estimate of drug-likeness (QED) is 0.806. The van der Waals surface area contributed by atoms with Crippen molar-refractivity contribution in [2.24, 2.45) is 0 Å². The molecule has 0 atom stereocenters. The number of carbonyl (C=O) groups is 1. The molecule has 0 unspecified atom stereocenters. The summed E-state index contributed by atoms with van der Waals surface area (Å²) in [6.45, 7) is 0.354. The number of rotatable bonds is 7. The van der Waals surface area contributed by atoms with Gasteiger partial charge in [-0.05, 0) is 37.0 Å². The molecule has 0 aliphatic carbocycles. The van der Waals surface area contributed by atoms with Gasteiger partial charge in [-0.15, -0.1) is 22.7 Å². The largest absolute Gasteiger partial charge is 0.351 e. The summed E-state index contributed by atoms with van der Waals surface area (Å²) in [5, 5.41) is 4.79. The van der Waals surface area contributed by atoms with Gasteiger partial charge in [0.1, 0.15) is 4.21 Å². The predicted molar refractivity (Wildman–Crippen MR) is 85.1 cm³/mol. The fraction of sp³-hybridized carbons (Fsp3) is 0.308. The zero-order chi connectivity index (χ0) is 15.3. The molecule has 21 heavy (non-hydrogen) atoms. The zero-order valence-electron chi connectivity index (χ0n) is 11.5. The van der Waals surface area contributed by atoms with E-state index in [2.05, 4.69) is 10.0 Å². The SMILES string of the molecule is CNS(=O)(=O)c1ccc(CNC(=O)CCc2cccs2)s1. The normalized spacial score (nSPS) is 11.5. The molecule has 0 saturated heterocycles. The van der Waals surface area contributed by atoms with Crippen molar-refractivity contribution in [3.8, 4) is 0 Å². The lowest BCUT2D eigenvalue weighted by molar-refractivity contribution is -0.121. The molecular formula is C13H16N2O3S3. The summed E-state index contributed by atoms with van der Waals surface area (Å²) in [5.74, 6) is -0.0326. The third-order valence-corrected chi connectivity index (χ3v) is 6.74. The maximum Gasteiger partial charge on any atom is 0.249 e. The van der Waals surface area contributed by atoms with Crippen LogP contribution in [0.5, 0.6) is 0 Å². The van der Waals surface area contributed by atoms with E-state index in [9.17, 15) is 13.2 Å². The fourth-order valence-corrected chi connectivity index (χ4v) is 4.51. The number of hydrogen-bond acceptors (Lipinski definition) is 5. The van der Waals surface area contributed by atoms with Gasteiger partial charge < -0.3 is 5.32 Å². The topological polar surface area (TPSA) is 75.3 Å². The third-order valence-electron chi connectivity index (χ3n) is 2.81. The Labute approximate surface area is 132 Å². The van der Waals surface area contributed by atoms with Crippen LogP contribution in [0.25, 0.3) is 0 Å². The fourth-order valence-electron chi connectivity index (χ4n) is 1.66. The van der Waals surface area contributed by atoms with Crippen molar-refractivity contribution in [2.45, 2.75) is 23.6 Å². The minimum atomic E-state index is -3.40. The van der Waals surface area contributed by atoms with Gasteiger partial charge in [0.15, 0.2) is 0 Å². The number of aryl methyl sites for hydroxylation is 1. The first kappa shape index (κ1) is 16.2. The molecule has 0 radical (unpaired) electrons. The molecule has 0 bridgehead atoms. The molecule has 2 heterocycles. The van der Waals surface area contributed by atoms with Crippen LogP contribution < -0.4 is 10.0 Å². The molecule has 0 aliphatic heterocycles. The predicted octanol–water partition coefficient (Wildman–Crippen LogP) is 1.97. The van der Waals surface area contributed by atoms with E-state index in [-0.39, 0.29) is 10.1 Å². The summed E-state index contributed by atoms with van der Waals surface area (Å²) in [4.78, 5) is 13.7. The number of carbonyl (C=O) groups excluding carboxylic acids is 1. The average molecular weight is 344 g/mol. The van der Waals surface area contributed by atoms with Crippen LogP contribution in [-0.2, 0) is 27.8 Å². The molecule has 0 spiro atoms. The Morgan fingerprint density at radius 3 is 2.71 bits per heavy atom. The Morgan fingerprint density at radius 2 is 2.05 bits per heavy atom. The van der Waals surface area contributed by atoms with Crippen molar-refractivity contribution in [3.63, 3.8) is 0 Å².